The van der Waals surface area contributed by atoms with Crippen LogP contribution < -0.4 is 5.32 Å². The van der Waals surface area contributed by atoms with Crippen LogP contribution in [0, 0.1) is 0 Å². The van der Waals surface area contributed by atoms with Crippen LogP contribution in [0.25, 0.3) is 0 Å². The van der Waals surface area contributed by atoms with Crippen LogP contribution in [-0.4, -0.2) is 36.1 Å². The van der Waals surface area contributed by atoms with Gasteiger partial charge in [0.2, 0.25) is 0 Å². The zero-order chi connectivity index (χ0) is 21.5. The number of benzene rings is 1. The topological polar surface area (TPSA) is 38.3 Å². The van der Waals surface area contributed by atoms with Gasteiger partial charge < -0.3 is 5.32 Å². The van der Waals surface area contributed by atoms with Crippen molar-refractivity contribution in [3.63, 3.8) is 0 Å². The second kappa shape index (κ2) is 7.00. The molecule has 0 bridgehead atoms. The van der Waals surface area contributed by atoms with Crippen LogP contribution in [0.2, 0.25) is 0 Å². The maximum Gasteiger partial charge on any atom is 0.462 e. The quantitative estimate of drug-likeness (QED) is 0.506. The molecule has 3 nitrogen and oxygen atoms in total. The van der Waals surface area contributed by atoms with Gasteiger partial charge in [0, 0.05) is 4.90 Å². The van der Waals surface area contributed by atoms with Crippen LogP contribution in [0.15, 0.2) is 29.2 Å². The van der Waals surface area contributed by atoms with Crippen molar-refractivity contribution in [1.29, 1.82) is 0 Å². The van der Waals surface area contributed by atoms with Crippen molar-refractivity contribution in [2.24, 2.45) is 0 Å². The molecule has 1 aromatic rings. The highest BCUT2D eigenvalue weighted by Gasteiger charge is 2.79. The van der Waals surface area contributed by atoms with Gasteiger partial charge in [-0.3, -0.25) is 9.53 Å². The van der Waals surface area contributed by atoms with Crippen LogP contribution in [0.3, 0.4) is 0 Å². The number of amides is 1. The normalized spacial score (nSPS) is 16.0. The number of hydrogen-bond acceptors (Lipinski definition) is 3. The lowest BCUT2D eigenvalue weighted by molar-refractivity contribution is -0.472. The van der Waals surface area contributed by atoms with Crippen molar-refractivity contribution >= 4 is 24.2 Å². The van der Waals surface area contributed by atoms with Gasteiger partial charge in [-0.1, -0.05) is 12.1 Å². The molecule has 1 aromatic carbocycles. The number of thiol groups is 1. The van der Waals surface area contributed by atoms with Gasteiger partial charge in [0.25, 0.3) is 5.91 Å². The fourth-order valence-corrected chi connectivity index (χ4v) is 1.64. The Morgan fingerprint density at radius 1 is 0.852 bits per heavy atom. The summed E-state index contributed by atoms with van der Waals surface area (Å²) < 4.78 is 142. The summed E-state index contributed by atoms with van der Waals surface area (Å²) in [6.07, 6.45) is -21.0. The van der Waals surface area contributed by atoms with E-state index in [-0.39, 0.29) is 4.90 Å². The van der Waals surface area contributed by atoms with E-state index in [1.54, 1.807) is 0 Å². The molecule has 1 amide bonds. The van der Waals surface area contributed by atoms with Crippen molar-refractivity contribution < 1.29 is 57.8 Å². The Morgan fingerprint density at radius 2 is 1.33 bits per heavy atom. The molecule has 1 N–H and O–H groups in total. The number of ether oxygens (including phenoxy) is 1. The van der Waals surface area contributed by atoms with Gasteiger partial charge in [0.1, 0.15) is 0 Å². The molecule has 0 saturated carbocycles. The number of alkyl halides is 11. The third-order valence-corrected chi connectivity index (χ3v) is 3.19. The van der Waals surface area contributed by atoms with Crippen molar-refractivity contribution in [1.82, 2.24) is 0 Å². The smallest absolute Gasteiger partial charge is 0.320 e. The highest BCUT2D eigenvalue weighted by molar-refractivity contribution is 7.80. The predicted octanol–water partition coefficient (Wildman–Crippen LogP) is 4.95. The van der Waals surface area contributed by atoms with E-state index in [1.165, 1.54) is 6.07 Å². The molecule has 0 saturated heterocycles. The summed E-state index contributed by atoms with van der Waals surface area (Å²) in [6, 6.07) is 4.15. The maximum absolute atomic E-state index is 14.0. The van der Waals surface area contributed by atoms with E-state index < -0.39 is 41.8 Å². The average Bonchev–Trinajstić information content (AvgIpc) is 2.46. The zero-order valence-electron chi connectivity index (χ0n) is 12.2. The Morgan fingerprint density at radius 3 is 1.74 bits per heavy atom. The minimum atomic E-state index is -7.25. The molecule has 0 radical (unpaired) electrons. The van der Waals surface area contributed by atoms with Gasteiger partial charge >= 0.3 is 30.2 Å². The van der Waals surface area contributed by atoms with Crippen molar-refractivity contribution in [3.05, 3.63) is 24.3 Å². The highest BCUT2D eigenvalue weighted by Crippen LogP contribution is 2.51. The fraction of sp³-hybridized carbons (Fsp3) is 0.417. The van der Waals surface area contributed by atoms with Gasteiger partial charge in [0.15, 0.2) is 0 Å². The lowest BCUT2D eigenvalue weighted by Crippen LogP contribution is -2.62. The van der Waals surface area contributed by atoms with Crippen LogP contribution >= 0.6 is 12.6 Å². The lowest BCUT2D eigenvalue weighted by atomic mass is 10.2. The first-order valence-corrected chi connectivity index (χ1v) is 6.69. The Hall–Kier alpha value is -1.77. The molecule has 27 heavy (non-hydrogen) atoms. The molecule has 0 fully saturated rings. The number of hydrogen-bond donors (Lipinski definition) is 2. The average molecular weight is 437 g/mol. The van der Waals surface area contributed by atoms with Gasteiger partial charge in [-0.25, -0.2) is 0 Å². The third kappa shape index (κ3) is 4.39. The fourth-order valence-electron chi connectivity index (χ4n) is 1.42. The second-order valence-electron chi connectivity index (χ2n) is 4.76. The predicted molar refractivity (Wildman–Crippen MR) is 69.3 cm³/mol. The van der Waals surface area contributed by atoms with E-state index in [2.05, 4.69) is 17.4 Å². The number of carbonyl (C=O) groups is 1. The summed E-state index contributed by atoms with van der Waals surface area (Å²) in [5.41, 5.74) is -0.702. The lowest BCUT2D eigenvalue weighted by Gasteiger charge is -2.34. The first-order chi connectivity index (χ1) is 11.9. The Balaban J connectivity index is 3.32. The van der Waals surface area contributed by atoms with Crippen molar-refractivity contribution in [2.75, 3.05) is 5.32 Å². The molecule has 15 heteroatoms. The van der Waals surface area contributed by atoms with Crippen LogP contribution in [0.1, 0.15) is 0 Å². The van der Waals surface area contributed by atoms with Gasteiger partial charge in [-0.15, -0.1) is 12.6 Å². The summed E-state index contributed by atoms with van der Waals surface area (Å²) in [5, 5.41) is 1.08. The number of nitrogens with one attached hydrogen (secondary N) is 1. The Kier molecular flexibility index (Phi) is 6.03. The molecule has 1 rings (SSSR count). The number of rotatable bonds is 5. The SMILES string of the molecule is O=C(Nc1ccccc1S)C(F)(OC(F)(F)C(F)(F)C(F)(F)F)C(F)(F)F. The standard InChI is InChI=1S/C12H6F11NO2S/c13-8(10(16,17)18,7(25)24-5-3-1-2-4-6(5)27)26-12(22,23)9(14,15)11(19,20)21/h1-4,27H,(H,24,25). The summed E-state index contributed by atoms with van der Waals surface area (Å²) in [6.45, 7) is 0. The molecule has 0 heterocycles. The molecule has 1 unspecified atom stereocenters. The highest BCUT2D eigenvalue weighted by atomic mass is 32.1. The molecular formula is C12H6F11NO2S. The molecule has 0 aliphatic rings. The van der Waals surface area contributed by atoms with Gasteiger partial charge in [0.05, 0.1) is 5.69 Å². The molecule has 0 spiro atoms. The monoisotopic (exact) mass is 437 g/mol. The molecule has 0 aromatic heterocycles. The summed E-state index contributed by atoms with van der Waals surface area (Å²) in [4.78, 5) is 11.1. The zero-order valence-corrected chi connectivity index (χ0v) is 13.1. The third-order valence-electron chi connectivity index (χ3n) is 2.80. The summed E-state index contributed by atoms with van der Waals surface area (Å²) in [5.74, 6) is -16.6. The minimum absolute atomic E-state index is 0.317. The first-order valence-electron chi connectivity index (χ1n) is 6.24. The van der Waals surface area contributed by atoms with E-state index >= 15 is 0 Å². The number of halogens is 11. The van der Waals surface area contributed by atoms with Crippen LogP contribution in [0.5, 0.6) is 0 Å². The maximum atomic E-state index is 14.0. The Labute approximate surface area is 147 Å². The van der Waals surface area contributed by atoms with Gasteiger partial charge in [-0.05, 0) is 12.1 Å². The summed E-state index contributed by atoms with van der Waals surface area (Å²) >= 11 is 3.63. The second-order valence-corrected chi connectivity index (χ2v) is 5.24. The molecule has 0 aliphatic carbocycles. The minimum Gasteiger partial charge on any atom is -0.320 e. The van der Waals surface area contributed by atoms with E-state index in [0.717, 1.165) is 23.5 Å². The van der Waals surface area contributed by atoms with Crippen LogP contribution in [0.4, 0.5) is 54.0 Å². The number of anilines is 1. The van der Waals surface area contributed by atoms with E-state index in [1.807, 2.05) is 0 Å². The Bertz CT molecular complexity index is 703. The van der Waals surface area contributed by atoms with Crippen molar-refractivity contribution in [2.45, 2.75) is 35.1 Å². The number of para-hydroxylation sites is 1. The van der Waals surface area contributed by atoms with E-state index in [9.17, 15) is 53.1 Å². The van der Waals surface area contributed by atoms with E-state index in [4.69, 9.17) is 0 Å². The summed E-state index contributed by atoms with van der Waals surface area (Å²) in [7, 11) is 0. The molecule has 154 valence electrons. The van der Waals surface area contributed by atoms with Gasteiger partial charge in [-0.2, -0.15) is 48.3 Å². The first kappa shape index (κ1) is 23.3. The van der Waals surface area contributed by atoms with Crippen LogP contribution in [-0.2, 0) is 9.53 Å². The van der Waals surface area contributed by atoms with E-state index in [0.29, 0.717) is 0 Å². The largest absolute Gasteiger partial charge is 0.462 e. The molecular weight excluding hydrogens is 431 g/mol. The number of carbonyl (C=O) groups excluding carboxylic acids is 1. The van der Waals surface area contributed by atoms with Crippen molar-refractivity contribution in [3.8, 4) is 0 Å². The molecule has 0 aliphatic heterocycles. The molecule has 1 atom stereocenters.